The summed E-state index contributed by atoms with van der Waals surface area (Å²) in [5.41, 5.74) is 1.74. The van der Waals surface area contributed by atoms with Gasteiger partial charge >= 0.3 is 0 Å². The van der Waals surface area contributed by atoms with Crippen molar-refractivity contribution in [2.24, 2.45) is 11.3 Å². The maximum atomic E-state index is 13.0. The minimum absolute atomic E-state index is 0.0844. The van der Waals surface area contributed by atoms with Crippen molar-refractivity contribution >= 4 is 5.78 Å². The van der Waals surface area contributed by atoms with E-state index in [0.717, 1.165) is 24.9 Å². The summed E-state index contributed by atoms with van der Waals surface area (Å²) >= 11 is 0. The fourth-order valence-electron chi connectivity index (χ4n) is 3.42. The molecule has 0 N–H and O–H groups in total. The number of nitrogens with zero attached hydrogens (tertiary/aromatic N) is 2. The summed E-state index contributed by atoms with van der Waals surface area (Å²) in [6, 6.07) is 11.7. The lowest BCUT2D eigenvalue weighted by atomic mass is 9.67. The number of aromatic nitrogens is 2. The molecule has 0 bridgehead atoms. The SMILES string of the molecule is CC1(C)CCCCC1C(=O)c1ccnn1-c1ccccc1. The highest BCUT2D eigenvalue weighted by Gasteiger charge is 2.38. The molecule has 1 saturated carbocycles. The molecule has 0 aliphatic heterocycles. The monoisotopic (exact) mass is 282 g/mol. The summed E-state index contributed by atoms with van der Waals surface area (Å²) in [6.45, 7) is 4.44. The third-order valence-electron chi connectivity index (χ3n) is 4.72. The van der Waals surface area contributed by atoms with E-state index >= 15 is 0 Å². The number of rotatable bonds is 3. The van der Waals surface area contributed by atoms with Gasteiger partial charge in [0.1, 0.15) is 5.69 Å². The molecule has 3 rings (SSSR count). The summed E-state index contributed by atoms with van der Waals surface area (Å²) < 4.78 is 1.77. The van der Waals surface area contributed by atoms with Crippen molar-refractivity contribution in [3.05, 3.63) is 48.3 Å². The van der Waals surface area contributed by atoms with Crippen molar-refractivity contribution in [1.82, 2.24) is 9.78 Å². The zero-order valence-electron chi connectivity index (χ0n) is 12.7. The number of para-hydroxylation sites is 1. The molecule has 0 radical (unpaired) electrons. The van der Waals surface area contributed by atoms with E-state index in [2.05, 4.69) is 18.9 Å². The van der Waals surface area contributed by atoms with Crippen molar-refractivity contribution in [2.45, 2.75) is 39.5 Å². The summed E-state index contributed by atoms with van der Waals surface area (Å²) in [6.07, 6.45) is 6.22. The molecule has 1 aliphatic rings. The van der Waals surface area contributed by atoms with E-state index in [1.165, 1.54) is 6.42 Å². The van der Waals surface area contributed by atoms with Gasteiger partial charge in [0.05, 0.1) is 11.9 Å². The average Bonchev–Trinajstić information content (AvgIpc) is 2.96. The normalized spacial score (nSPS) is 21.1. The van der Waals surface area contributed by atoms with Gasteiger partial charge in [0, 0.05) is 5.92 Å². The summed E-state index contributed by atoms with van der Waals surface area (Å²) in [4.78, 5) is 13.0. The van der Waals surface area contributed by atoms with E-state index in [1.807, 2.05) is 36.4 Å². The van der Waals surface area contributed by atoms with Crippen molar-refractivity contribution in [3.8, 4) is 5.69 Å². The first kappa shape index (κ1) is 14.1. The van der Waals surface area contributed by atoms with Gasteiger partial charge in [-0.15, -0.1) is 0 Å². The van der Waals surface area contributed by atoms with E-state index in [-0.39, 0.29) is 17.1 Å². The standard InChI is InChI=1S/C18H22N2O/c1-18(2)12-7-6-10-15(18)17(21)16-11-13-19-20(16)14-8-4-3-5-9-14/h3-5,8-9,11,13,15H,6-7,10,12H2,1-2H3. The van der Waals surface area contributed by atoms with Gasteiger partial charge in [0.2, 0.25) is 0 Å². The van der Waals surface area contributed by atoms with Gasteiger partial charge in [-0.25, -0.2) is 4.68 Å². The van der Waals surface area contributed by atoms with Gasteiger partial charge in [-0.1, -0.05) is 44.9 Å². The van der Waals surface area contributed by atoms with Crippen LogP contribution in [0.25, 0.3) is 5.69 Å². The molecule has 1 atom stereocenters. The zero-order chi connectivity index (χ0) is 14.9. The molecule has 0 spiro atoms. The van der Waals surface area contributed by atoms with Gasteiger partial charge in [-0.3, -0.25) is 4.79 Å². The van der Waals surface area contributed by atoms with Crippen LogP contribution in [-0.2, 0) is 0 Å². The number of carbonyl (C=O) groups excluding carboxylic acids is 1. The lowest BCUT2D eigenvalue weighted by Gasteiger charge is -2.37. The highest BCUT2D eigenvalue weighted by molar-refractivity contribution is 5.97. The first-order chi connectivity index (χ1) is 10.1. The second-order valence-corrected chi connectivity index (χ2v) is 6.62. The van der Waals surface area contributed by atoms with Crippen LogP contribution in [0.1, 0.15) is 50.0 Å². The number of hydrogen-bond acceptors (Lipinski definition) is 2. The molecule has 1 heterocycles. The quantitative estimate of drug-likeness (QED) is 0.788. The molecular formula is C18H22N2O. The van der Waals surface area contributed by atoms with Crippen molar-refractivity contribution < 1.29 is 4.79 Å². The first-order valence-corrected chi connectivity index (χ1v) is 7.73. The van der Waals surface area contributed by atoms with E-state index in [4.69, 9.17) is 0 Å². The van der Waals surface area contributed by atoms with Crippen molar-refractivity contribution in [2.75, 3.05) is 0 Å². The molecule has 3 heteroatoms. The van der Waals surface area contributed by atoms with Crippen LogP contribution >= 0.6 is 0 Å². The Labute approximate surface area is 126 Å². The van der Waals surface area contributed by atoms with Crippen LogP contribution in [-0.4, -0.2) is 15.6 Å². The maximum Gasteiger partial charge on any atom is 0.184 e. The molecule has 2 aromatic rings. The minimum atomic E-state index is 0.0844. The predicted octanol–water partition coefficient (Wildman–Crippen LogP) is 4.27. The number of hydrogen-bond donors (Lipinski definition) is 0. The second kappa shape index (κ2) is 5.47. The Morgan fingerprint density at radius 1 is 1.19 bits per heavy atom. The van der Waals surface area contributed by atoms with Gasteiger partial charge in [0.25, 0.3) is 0 Å². The van der Waals surface area contributed by atoms with Crippen LogP contribution in [0.5, 0.6) is 0 Å². The number of benzene rings is 1. The van der Waals surface area contributed by atoms with Crippen LogP contribution in [0.2, 0.25) is 0 Å². The lowest BCUT2D eigenvalue weighted by molar-refractivity contribution is 0.0689. The molecule has 1 aliphatic carbocycles. The Hall–Kier alpha value is -1.90. The van der Waals surface area contributed by atoms with Crippen molar-refractivity contribution in [3.63, 3.8) is 0 Å². The molecular weight excluding hydrogens is 260 g/mol. The van der Waals surface area contributed by atoms with E-state index in [1.54, 1.807) is 10.9 Å². The summed E-state index contributed by atoms with van der Waals surface area (Å²) in [7, 11) is 0. The number of carbonyl (C=O) groups is 1. The van der Waals surface area contributed by atoms with Crippen LogP contribution in [0.3, 0.4) is 0 Å². The van der Waals surface area contributed by atoms with Gasteiger partial charge in [0.15, 0.2) is 5.78 Å². The Morgan fingerprint density at radius 3 is 2.67 bits per heavy atom. The molecule has 110 valence electrons. The predicted molar refractivity (Wildman–Crippen MR) is 83.6 cm³/mol. The minimum Gasteiger partial charge on any atom is -0.292 e. The van der Waals surface area contributed by atoms with Gasteiger partial charge in [-0.05, 0) is 36.5 Å². The average molecular weight is 282 g/mol. The van der Waals surface area contributed by atoms with E-state index in [9.17, 15) is 4.79 Å². The molecule has 1 aromatic carbocycles. The highest BCUT2D eigenvalue weighted by atomic mass is 16.1. The third-order valence-corrected chi connectivity index (χ3v) is 4.72. The third kappa shape index (κ3) is 2.65. The molecule has 0 amide bonds. The molecule has 1 fully saturated rings. The van der Waals surface area contributed by atoms with Crippen LogP contribution in [0, 0.1) is 11.3 Å². The Kier molecular flexibility index (Phi) is 3.66. The Bertz CT molecular complexity index is 628. The molecule has 3 nitrogen and oxygen atoms in total. The fourth-order valence-corrected chi connectivity index (χ4v) is 3.42. The number of Topliss-reactive ketones (excluding diaryl/α,β-unsaturated/α-hetero) is 1. The summed E-state index contributed by atoms with van der Waals surface area (Å²) in [5.74, 6) is 0.339. The fraction of sp³-hybridized carbons (Fsp3) is 0.444. The highest BCUT2D eigenvalue weighted by Crippen LogP contribution is 2.42. The van der Waals surface area contributed by atoms with E-state index < -0.39 is 0 Å². The zero-order valence-corrected chi connectivity index (χ0v) is 12.7. The molecule has 1 aromatic heterocycles. The van der Waals surface area contributed by atoms with Crippen LogP contribution < -0.4 is 0 Å². The molecule has 21 heavy (non-hydrogen) atoms. The van der Waals surface area contributed by atoms with Crippen LogP contribution in [0.15, 0.2) is 42.6 Å². The van der Waals surface area contributed by atoms with Gasteiger partial charge < -0.3 is 0 Å². The lowest BCUT2D eigenvalue weighted by Crippen LogP contribution is -2.35. The largest absolute Gasteiger partial charge is 0.292 e. The topological polar surface area (TPSA) is 34.9 Å². The van der Waals surface area contributed by atoms with Crippen LogP contribution in [0.4, 0.5) is 0 Å². The van der Waals surface area contributed by atoms with Crippen molar-refractivity contribution in [1.29, 1.82) is 0 Å². The Morgan fingerprint density at radius 2 is 1.95 bits per heavy atom. The van der Waals surface area contributed by atoms with E-state index in [0.29, 0.717) is 5.69 Å². The smallest absolute Gasteiger partial charge is 0.184 e. The molecule has 0 saturated heterocycles. The molecule has 1 unspecified atom stereocenters. The van der Waals surface area contributed by atoms with Gasteiger partial charge in [-0.2, -0.15) is 5.10 Å². The second-order valence-electron chi connectivity index (χ2n) is 6.62. The Balaban J connectivity index is 1.95. The maximum absolute atomic E-state index is 13.0. The summed E-state index contributed by atoms with van der Waals surface area (Å²) in [5, 5.41) is 4.35. The first-order valence-electron chi connectivity index (χ1n) is 7.73. The number of ketones is 1.